The smallest absolute Gasteiger partial charge is 0.227 e. The molecule has 5 heteroatoms. The van der Waals surface area contributed by atoms with Gasteiger partial charge >= 0.3 is 0 Å². The molecular formula is C16H27ClN2O2. The Morgan fingerprint density at radius 3 is 2.38 bits per heavy atom. The number of aliphatic hydroxyl groups is 1. The average Bonchev–Trinajstić information content (AvgIpc) is 2.47. The zero-order valence-electron chi connectivity index (χ0n) is 13.1. The monoisotopic (exact) mass is 314 g/mol. The van der Waals surface area contributed by atoms with E-state index in [0.717, 1.165) is 11.1 Å². The molecule has 0 saturated carbocycles. The minimum Gasteiger partial charge on any atom is -0.387 e. The first-order valence-electron chi connectivity index (χ1n) is 7.22. The predicted molar refractivity (Wildman–Crippen MR) is 88.5 cm³/mol. The molecule has 1 amide bonds. The number of rotatable bonds is 7. The maximum absolute atomic E-state index is 12.3. The summed E-state index contributed by atoms with van der Waals surface area (Å²) in [6, 6.07) is 7.64. The molecule has 4 N–H and O–H groups in total. The number of hydrogen-bond acceptors (Lipinski definition) is 3. The molecule has 0 aliphatic rings. The van der Waals surface area contributed by atoms with E-state index in [9.17, 15) is 9.90 Å². The number of nitrogens with one attached hydrogen (secondary N) is 1. The van der Waals surface area contributed by atoms with Crippen molar-refractivity contribution in [2.75, 3.05) is 13.1 Å². The van der Waals surface area contributed by atoms with E-state index in [4.69, 9.17) is 5.73 Å². The molecule has 1 atom stereocenters. The molecule has 0 radical (unpaired) electrons. The number of nitrogens with two attached hydrogens (primary N) is 1. The Hall–Kier alpha value is -1.10. The molecule has 0 spiro atoms. The Morgan fingerprint density at radius 2 is 1.90 bits per heavy atom. The highest BCUT2D eigenvalue weighted by molar-refractivity contribution is 5.85. The van der Waals surface area contributed by atoms with Crippen molar-refractivity contribution in [2.24, 2.45) is 11.1 Å². The Morgan fingerprint density at radius 1 is 1.33 bits per heavy atom. The lowest BCUT2D eigenvalue weighted by Gasteiger charge is -2.29. The zero-order valence-corrected chi connectivity index (χ0v) is 13.9. The largest absolute Gasteiger partial charge is 0.387 e. The van der Waals surface area contributed by atoms with Crippen LogP contribution in [0.4, 0.5) is 0 Å². The normalized spacial score (nSPS) is 12.4. The van der Waals surface area contributed by atoms with Gasteiger partial charge in [-0.3, -0.25) is 4.79 Å². The SMILES string of the molecule is CCC(CC)(CN)C(=O)NCC(O)c1ccccc1C.Cl. The van der Waals surface area contributed by atoms with Gasteiger partial charge in [0.05, 0.1) is 11.5 Å². The summed E-state index contributed by atoms with van der Waals surface area (Å²) in [6.07, 6.45) is 0.711. The molecule has 4 nitrogen and oxygen atoms in total. The summed E-state index contributed by atoms with van der Waals surface area (Å²) in [5.74, 6) is -0.0716. The second-order valence-corrected chi connectivity index (χ2v) is 5.27. The molecule has 0 saturated heterocycles. The summed E-state index contributed by atoms with van der Waals surface area (Å²) in [5.41, 5.74) is 7.09. The van der Waals surface area contributed by atoms with Gasteiger partial charge in [-0.2, -0.15) is 0 Å². The summed E-state index contributed by atoms with van der Waals surface area (Å²) in [5, 5.41) is 13.0. The lowest BCUT2D eigenvalue weighted by atomic mass is 9.81. The number of hydrogen-bond donors (Lipinski definition) is 3. The predicted octanol–water partition coefficient (Wildman–Crippen LogP) is 2.33. The first-order chi connectivity index (χ1) is 9.50. The van der Waals surface area contributed by atoms with Crippen LogP contribution in [0, 0.1) is 12.3 Å². The van der Waals surface area contributed by atoms with Gasteiger partial charge in [-0.15, -0.1) is 12.4 Å². The average molecular weight is 315 g/mol. The Labute approximate surface area is 133 Å². The minimum atomic E-state index is -0.690. The maximum Gasteiger partial charge on any atom is 0.227 e. The number of carbonyl (C=O) groups excluding carboxylic acids is 1. The van der Waals surface area contributed by atoms with Crippen LogP contribution in [0.2, 0.25) is 0 Å². The molecule has 1 rings (SSSR count). The number of halogens is 1. The van der Waals surface area contributed by atoms with E-state index in [1.54, 1.807) is 0 Å². The van der Waals surface area contributed by atoms with Crippen LogP contribution in [-0.4, -0.2) is 24.1 Å². The fourth-order valence-corrected chi connectivity index (χ4v) is 2.40. The molecule has 1 aromatic rings. The molecular weight excluding hydrogens is 288 g/mol. The van der Waals surface area contributed by atoms with Crippen LogP contribution in [0.15, 0.2) is 24.3 Å². The van der Waals surface area contributed by atoms with Crippen LogP contribution in [0.1, 0.15) is 43.9 Å². The second kappa shape index (κ2) is 9.03. The molecule has 0 aromatic heterocycles. The number of benzene rings is 1. The van der Waals surface area contributed by atoms with Crippen LogP contribution in [0.3, 0.4) is 0 Å². The number of carbonyl (C=O) groups is 1. The summed E-state index contributed by atoms with van der Waals surface area (Å²) in [4.78, 5) is 12.3. The Bertz CT molecular complexity index is 439. The van der Waals surface area contributed by atoms with Crippen molar-refractivity contribution in [1.82, 2.24) is 5.32 Å². The maximum atomic E-state index is 12.3. The van der Waals surface area contributed by atoms with E-state index in [2.05, 4.69) is 5.32 Å². The highest BCUT2D eigenvalue weighted by atomic mass is 35.5. The lowest BCUT2D eigenvalue weighted by Crippen LogP contribution is -2.46. The van der Waals surface area contributed by atoms with Gasteiger partial charge in [0.1, 0.15) is 0 Å². The third kappa shape index (κ3) is 4.70. The number of aliphatic hydroxyl groups excluding tert-OH is 1. The van der Waals surface area contributed by atoms with Crippen molar-refractivity contribution in [1.29, 1.82) is 0 Å². The number of amides is 1. The molecule has 0 aliphatic carbocycles. The van der Waals surface area contributed by atoms with E-state index >= 15 is 0 Å². The molecule has 120 valence electrons. The van der Waals surface area contributed by atoms with Crippen LogP contribution in [0.25, 0.3) is 0 Å². The molecule has 0 fully saturated rings. The van der Waals surface area contributed by atoms with E-state index in [0.29, 0.717) is 19.4 Å². The summed E-state index contributed by atoms with van der Waals surface area (Å²) in [6.45, 7) is 6.42. The van der Waals surface area contributed by atoms with Gasteiger partial charge in [0.15, 0.2) is 0 Å². The van der Waals surface area contributed by atoms with Crippen molar-refractivity contribution in [3.05, 3.63) is 35.4 Å². The fourth-order valence-electron chi connectivity index (χ4n) is 2.40. The van der Waals surface area contributed by atoms with Gasteiger partial charge in [-0.1, -0.05) is 38.1 Å². The molecule has 0 heterocycles. The standard InChI is InChI=1S/C16H26N2O2.ClH/c1-4-16(5-2,11-17)15(20)18-10-14(19)13-9-7-6-8-12(13)3;/h6-9,14,19H,4-5,10-11,17H2,1-3H3,(H,18,20);1H. The fraction of sp³-hybridized carbons (Fsp3) is 0.562. The summed E-state index contributed by atoms with van der Waals surface area (Å²) < 4.78 is 0. The first kappa shape index (κ1) is 19.9. The molecule has 1 unspecified atom stereocenters. The van der Waals surface area contributed by atoms with Gasteiger partial charge in [0.2, 0.25) is 5.91 Å². The third-order valence-corrected chi connectivity index (χ3v) is 4.23. The van der Waals surface area contributed by atoms with Gasteiger partial charge in [0.25, 0.3) is 0 Å². The van der Waals surface area contributed by atoms with Crippen LogP contribution < -0.4 is 11.1 Å². The van der Waals surface area contributed by atoms with Gasteiger partial charge in [0, 0.05) is 13.1 Å². The second-order valence-electron chi connectivity index (χ2n) is 5.27. The quantitative estimate of drug-likeness (QED) is 0.723. The van der Waals surface area contributed by atoms with Gasteiger partial charge in [-0.05, 0) is 30.9 Å². The van der Waals surface area contributed by atoms with Crippen LogP contribution in [0.5, 0.6) is 0 Å². The highest BCUT2D eigenvalue weighted by Crippen LogP contribution is 2.25. The van der Waals surface area contributed by atoms with E-state index in [1.807, 2.05) is 45.0 Å². The summed E-state index contributed by atoms with van der Waals surface area (Å²) in [7, 11) is 0. The number of aryl methyl sites for hydroxylation is 1. The van der Waals surface area contributed by atoms with Crippen molar-refractivity contribution < 1.29 is 9.90 Å². The van der Waals surface area contributed by atoms with E-state index < -0.39 is 11.5 Å². The first-order valence-corrected chi connectivity index (χ1v) is 7.22. The molecule has 0 bridgehead atoms. The molecule has 0 aliphatic heterocycles. The van der Waals surface area contributed by atoms with Crippen molar-refractivity contribution in [3.8, 4) is 0 Å². The van der Waals surface area contributed by atoms with E-state index in [-0.39, 0.29) is 24.9 Å². The van der Waals surface area contributed by atoms with Gasteiger partial charge in [-0.25, -0.2) is 0 Å². The van der Waals surface area contributed by atoms with Crippen molar-refractivity contribution >= 4 is 18.3 Å². The molecule has 21 heavy (non-hydrogen) atoms. The van der Waals surface area contributed by atoms with Crippen molar-refractivity contribution in [3.63, 3.8) is 0 Å². The van der Waals surface area contributed by atoms with E-state index in [1.165, 1.54) is 0 Å². The Balaban J connectivity index is 0.00000400. The van der Waals surface area contributed by atoms with Crippen LogP contribution >= 0.6 is 12.4 Å². The highest BCUT2D eigenvalue weighted by Gasteiger charge is 2.33. The molecule has 1 aromatic carbocycles. The minimum absolute atomic E-state index is 0. The topological polar surface area (TPSA) is 75.4 Å². The third-order valence-electron chi connectivity index (χ3n) is 4.23. The van der Waals surface area contributed by atoms with Crippen LogP contribution in [-0.2, 0) is 4.79 Å². The zero-order chi connectivity index (χ0) is 15.2. The van der Waals surface area contributed by atoms with Crippen molar-refractivity contribution in [2.45, 2.75) is 39.7 Å². The Kier molecular flexibility index (Phi) is 8.55. The summed E-state index contributed by atoms with van der Waals surface area (Å²) >= 11 is 0. The lowest BCUT2D eigenvalue weighted by molar-refractivity contribution is -0.131. The van der Waals surface area contributed by atoms with Gasteiger partial charge < -0.3 is 16.2 Å².